The maximum Gasteiger partial charge on any atom is 0.319 e. The third-order valence-corrected chi connectivity index (χ3v) is 5.70. The number of hydrogen-bond donors (Lipinski definition) is 3. The fourth-order valence-electron chi connectivity index (χ4n) is 3.35. The summed E-state index contributed by atoms with van der Waals surface area (Å²) in [7, 11) is -3.26. The van der Waals surface area contributed by atoms with Gasteiger partial charge in [-0.25, -0.2) is 28.2 Å². The highest BCUT2D eigenvalue weighted by atomic mass is 32.2. The number of rotatable bonds is 7. The van der Waals surface area contributed by atoms with Crippen molar-refractivity contribution >= 4 is 27.4 Å². The molecule has 2 aromatic heterocycles. The van der Waals surface area contributed by atoms with E-state index in [1.54, 1.807) is 42.7 Å². The number of ether oxygens (including phenoxy) is 1. The van der Waals surface area contributed by atoms with Crippen molar-refractivity contribution in [3.63, 3.8) is 0 Å². The molecule has 0 spiro atoms. The van der Waals surface area contributed by atoms with Crippen molar-refractivity contribution in [2.75, 3.05) is 42.8 Å². The van der Waals surface area contributed by atoms with Crippen molar-refractivity contribution in [3.05, 3.63) is 54.2 Å². The average molecular weight is 472 g/mol. The predicted molar refractivity (Wildman–Crippen MR) is 123 cm³/mol. The number of aromatic nitrogens is 4. The molecule has 0 atom stereocenters. The summed E-state index contributed by atoms with van der Waals surface area (Å²) in [6.45, 7) is 2.80. The Bertz CT molecular complexity index is 1190. The number of urea groups is 1. The molecule has 1 fully saturated rings. The number of H-pyrrole nitrogens is 1. The van der Waals surface area contributed by atoms with Crippen LogP contribution in [0.2, 0.25) is 0 Å². The maximum atomic E-state index is 12.1. The molecular formula is C21H25N7O4S. The van der Waals surface area contributed by atoms with Gasteiger partial charge >= 0.3 is 6.03 Å². The molecule has 3 heterocycles. The normalized spacial score (nSPS) is 14.2. The van der Waals surface area contributed by atoms with E-state index in [2.05, 4.69) is 35.5 Å². The summed E-state index contributed by atoms with van der Waals surface area (Å²) in [5.74, 6) is 1.57. The van der Waals surface area contributed by atoms with E-state index in [0.717, 1.165) is 0 Å². The Labute approximate surface area is 191 Å². The Hall–Kier alpha value is -3.51. The van der Waals surface area contributed by atoms with E-state index in [-0.39, 0.29) is 18.3 Å². The zero-order chi connectivity index (χ0) is 23.3. The second kappa shape index (κ2) is 9.96. The van der Waals surface area contributed by atoms with Gasteiger partial charge < -0.3 is 25.3 Å². The predicted octanol–water partition coefficient (Wildman–Crippen LogP) is 1.57. The van der Waals surface area contributed by atoms with Crippen LogP contribution in [-0.4, -0.2) is 66.9 Å². The van der Waals surface area contributed by atoms with Crippen LogP contribution >= 0.6 is 0 Å². The van der Waals surface area contributed by atoms with Gasteiger partial charge in [0, 0.05) is 49.1 Å². The van der Waals surface area contributed by atoms with E-state index >= 15 is 0 Å². The molecule has 1 aliphatic heterocycles. The number of anilines is 2. The second-order valence-corrected chi connectivity index (χ2v) is 9.77. The minimum absolute atomic E-state index is 0.171. The highest BCUT2D eigenvalue weighted by Gasteiger charge is 2.17. The van der Waals surface area contributed by atoms with Crippen LogP contribution in [0.3, 0.4) is 0 Å². The third-order valence-electron chi connectivity index (χ3n) is 4.88. The van der Waals surface area contributed by atoms with Gasteiger partial charge in [0.1, 0.15) is 11.6 Å². The number of hydrogen-bond acceptors (Lipinski definition) is 8. The zero-order valence-electron chi connectivity index (χ0n) is 18.1. The first-order chi connectivity index (χ1) is 15.9. The highest BCUT2D eigenvalue weighted by molar-refractivity contribution is 7.89. The summed E-state index contributed by atoms with van der Waals surface area (Å²) in [6.07, 6.45) is 4.48. The highest BCUT2D eigenvalue weighted by Crippen LogP contribution is 2.23. The smallest absolute Gasteiger partial charge is 0.319 e. The van der Waals surface area contributed by atoms with Crippen LogP contribution in [0.4, 0.5) is 16.3 Å². The van der Waals surface area contributed by atoms with Crippen LogP contribution in [0, 0.1) is 0 Å². The van der Waals surface area contributed by atoms with E-state index in [0.29, 0.717) is 60.7 Å². The maximum absolute atomic E-state index is 12.1. The largest absolute Gasteiger partial charge is 0.378 e. The number of carbonyl (C=O) groups is 1. The van der Waals surface area contributed by atoms with E-state index in [1.165, 1.54) is 6.26 Å². The first-order valence-corrected chi connectivity index (χ1v) is 12.4. The lowest BCUT2D eigenvalue weighted by atomic mass is 10.2. The molecule has 3 N–H and O–H groups in total. The Morgan fingerprint density at radius 2 is 1.94 bits per heavy atom. The van der Waals surface area contributed by atoms with Gasteiger partial charge in [-0.1, -0.05) is 0 Å². The van der Waals surface area contributed by atoms with Crippen LogP contribution < -0.4 is 15.5 Å². The summed E-state index contributed by atoms with van der Waals surface area (Å²) in [5.41, 5.74) is 1.74. The van der Waals surface area contributed by atoms with Gasteiger partial charge in [0.15, 0.2) is 15.7 Å². The lowest BCUT2D eigenvalue weighted by Gasteiger charge is -2.28. The lowest BCUT2D eigenvalue weighted by Crippen LogP contribution is -2.37. The lowest BCUT2D eigenvalue weighted by molar-refractivity contribution is 0.122. The van der Waals surface area contributed by atoms with E-state index in [9.17, 15) is 13.2 Å². The van der Waals surface area contributed by atoms with Crippen molar-refractivity contribution in [2.24, 2.45) is 0 Å². The molecule has 33 heavy (non-hydrogen) atoms. The van der Waals surface area contributed by atoms with Crippen LogP contribution in [0.5, 0.6) is 0 Å². The van der Waals surface area contributed by atoms with Gasteiger partial charge in [-0.3, -0.25) is 0 Å². The van der Waals surface area contributed by atoms with Crippen LogP contribution in [-0.2, 0) is 26.9 Å². The van der Waals surface area contributed by atoms with Gasteiger partial charge in [0.2, 0.25) is 0 Å². The molecule has 1 saturated heterocycles. The SMILES string of the molecule is CS(=O)(=O)Cc1cc(N2CCOCC2)nc(-c2ccc(NC(=O)NCc3ncc[nH]3)cc2)n1. The number of aromatic amines is 1. The van der Waals surface area contributed by atoms with E-state index in [1.807, 2.05) is 0 Å². The van der Waals surface area contributed by atoms with Gasteiger partial charge in [-0.15, -0.1) is 0 Å². The minimum atomic E-state index is -3.26. The van der Waals surface area contributed by atoms with Crippen molar-refractivity contribution in [1.82, 2.24) is 25.3 Å². The van der Waals surface area contributed by atoms with Crippen molar-refractivity contribution in [2.45, 2.75) is 12.3 Å². The molecule has 2 amide bonds. The molecule has 0 bridgehead atoms. The van der Waals surface area contributed by atoms with Crippen LogP contribution in [0.1, 0.15) is 11.5 Å². The molecule has 0 aliphatic carbocycles. The van der Waals surface area contributed by atoms with Gasteiger partial charge in [-0.05, 0) is 24.3 Å². The molecule has 11 nitrogen and oxygen atoms in total. The zero-order valence-corrected chi connectivity index (χ0v) is 18.9. The number of carbonyl (C=O) groups excluding carboxylic acids is 1. The van der Waals surface area contributed by atoms with Crippen molar-refractivity contribution in [1.29, 1.82) is 0 Å². The molecule has 4 rings (SSSR count). The molecule has 174 valence electrons. The van der Waals surface area contributed by atoms with Crippen molar-refractivity contribution < 1.29 is 17.9 Å². The summed E-state index contributed by atoms with van der Waals surface area (Å²) in [6, 6.07) is 8.40. The standard InChI is InChI=1S/C21H25N7O4S/c1-33(30,31)14-17-12-19(28-8-10-32-11-9-28)27-20(25-17)15-2-4-16(5-3-15)26-21(29)24-13-18-22-6-7-23-18/h2-7,12H,8-11,13-14H2,1H3,(H,22,23)(H2,24,26,29). The van der Waals surface area contributed by atoms with Gasteiger partial charge in [0.05, 0.1) is 31.2 Å². The molecule has 1 aliphatic rings. The number of sulfone groups is 1. The first-order valence-electron chi connectivity index (χ1n) is 10.4. The number of morpholine rings is 1. The van der Waals surface area contributed by atoms with Gasteiger partial charge in [0.25, 0.3) is 0 Å². The van der Waals surface area contributed by atoms with E-state index in [4.69, 9.17) is 4.74 Å². The average Bonchev–Trinajstić information content (AvgIpc) is 3.31. The molecule has 0 unspecified atom stereocenters. The molecule has 3 aromatic rings. The number of nitrogens with zero attached hydrogens (tertiary/aromatic N) is 4. The summed E-state index contributed by atoms with van der Waals surface area (Å²) >= 11 is 0. The minimum Gasteiger partial charge on any atom is -0.378 e. The van der Waals surface area contributed by atoms with E-state index < -0.39 is 9.84 Å². The quantitative estimate of drug-likeness (QED) is 0.471. The molecule has 0 radical (unpaired) electrons. The Balaban J connectivity index is 1.50. The number of nitrogens with one attached hydrogen (secondary N) is 3. The fraction of sp³-hybridized carbons (Fsp3) is 0.333. The molecule has 0 saturated carbocycles. The molecule has 1 aromatic carbocycles. The van der Waals surface area contributed by atoms with Crippen LogP contribution in [0.15, 0.2) is 42.7 Å². The monoisotopic (exact) mass is 471 g/mol. The second-order valence-electron chi connectivity index (χ2n) is 7.63. The third kappa shape index (κ3) is 6.49. The molecular weight excluding hydrogens is 446 g/mol. The number of imidazole rings is 1. The summed E-state index contributed by atoms with van der Waals surface area (Å²) < 4.78 is 29.1. The van der Waals surface area contributed by atoms with Crippen LogP contribution in [0.25, 0.3) is 11.4 Å². The number of benzene rings is 1. The Morgan fingerprint density at radius 1 is 1.18 bits per heavy atom. The van der Waals surface area contributed by atoms with Gasteiger partial charge in [-0.2, -0.15) is 0 Å². The molecule has 12 heteroatoms. The number of amides is 2. The van der Waals surface area contributed by atoms with Crippen molar-refractivity contribution in [3.8, 4) is 11.4 Å². The summed E-state index contributed by atoms with van der Waals surface area (Å²) in [5, 5.41) is 5.47. The summed E-state index contributed by atoms with van der Waals surface area (Å²) in [4.78, 5) is 30.3. The first kappa shape index (κ1) is 22.7. The fourth-order valence-corrected chi connectivity index (χ4v) is 4.03. The topological polar surface area (TPSA) is 142 Å². The Kier molecular flexibility index (Phi) is 6.84. The Morgan fingerprint density at radius 3 is 2.61 bits per heavy atom.